The Labute approximate surface area is 134 Å². The molecule has 5 nitrogen and oxygen atoms in total. The van der Waals surface area contributed by atoms with Crippen molar-refractivity contribution in [2.24, 2.45) is 13.0 Å². The highest BCUT2D eigenvalue weighted by molar-refractivity contribution is 9.10. The first kappa shape index (κ1) is 17.8. The van der Waals surface area contributed by atoms with Gasteiger partial charge in [0.25, 0.3) is 5.91 Å². The van der Waals surface area contributed by atoms with Crippen molar-refractivity contribution in [1.82, 2.24) is 9.88 Å². The van der Waals surface area contributed by atoms with Gasteiger partial charge in [-0.25, -0.2) is 4.79 Å². The number of hydrogen-bond donors (Lipinski definition) is 1. The molecule has 0 bridgehead atoms. The van der Waals surface area contributed by atoms with E-state index >= 15 is 0 Å². The first-order valence-corrected chi connectivity index (χ1v) is 7.66. The molecule has 0 aliphatic carbocycles. The minimum Gasteiger partial charge on any atom is -0.458 e. The second-order valence-electron chi connectivity index (χ2n) is 6.38. The van der Waals surface area contributed by atoms with Crippen LogP contribution in [0.4, 0.5) is 0 Å². The van der Waals surface area contributed by atoms with E-state index in [0.29, 0.717) is 5.69 Å². The molecule has 1 N–H and O–H groups in total. The van der Waals surface area contributed by atoms with Gasteiger partial charge in [0.15, 0.2) is 0 Å². The fourth-order valence-electron chi connectivity index (χ4n) is 1.83. The number of aromatic nitrogens is 1. The summed E-state index contributed by atoms with van der Waals surface area (Å²) in [6.45, 7) is 9.15. The summed E-state index contributed by atoms with van der Waals surface area (Å²) < 4.78 is 7.88. The summed E-state index contributed by atoms with van der Waals surface area (Å²) in [6.07, 6.45) is 1.78. The number of carbonyl (C=O) groups excluding carboxylic acids is 2. The minimum absolute atomic E-state index is 0.0625. The molecule has 0 saturated heterocycles. The van der Waals surface area contributed by atoms with E-state index in [4.69, 9.17) is 4.74 Å². The maximum atomic E-state index is 12.3. The van der Waals surface area contributed by atoms with Gasteiger partial charge < -0.3 is 14.6 Å². The first-order chi connectivity index (χ1) is 9.51. The van der Waals surface area contributed by atoms with Gasteiger partial charge in [-0.15, -0.1) is 0 Å². The van der Waals surface area contributed by atoms with Crippen LogP contribution in [-0.4, -0.2) is 28.1 Å². The Morgan fingerprint density at radius 2 is 1.90 bits per heavy atom. The Hall–Kier alpha value is -1.30. The van der Waals surface area contributed by atoms with Crippen LogP contribution in [0.3, 0.4) is 0 Å². The molecule has 21 heavy (non-hydrogen) atoms. The van der Waals surface area contributed by atoms with Crippen molar-refractivity contribution < 1.29 is 14.3 Å². The van der Waals surface area contributed by atoms with E-state index in [0.717, 1.165) is 4.47 Å². The number of carbonyl (C=O) groups is 2. The summed E-state index contributed by atoms with van der Waals surface area (Å²) in [5.74, 6) is -0.778. The standard InChI is InChI=1S/C15H23BrN2O3/c1-9(2)12(14(20)21-15(3,4)5)17-13(19)11-7-10(16)8-18(11)6/h7-9,12H,1-6H3,(H,17,19)/t12-/m0/s1. The minimum atomic E-state index is -0.676. The maximum absolute atomic E-state index is 12.3. The zero-order valence-corrected chi connectivity index (χ0v) is 14.9. The number of rotatable bonds is 4. The molecule has 0 radical (unpaired) electrons. The second kappa shape index (κ2) is 6.64. The van der Waals surface area contributed by atoms with Crippen LogP contribution >= 0.6 is 15.9 Å². The van der Waals surface area contributed by atoms with Gasteiger partial charge in [0.1, 0.15) is 17.3 Å². The second-order valence-corrected chi connectivity index (χ2v) is 7.30. The molecular formula is C15H23BrN2O3. The Morgan fingerprint density at radius 1 is 1.33 bits per heavy atom. The van der Waals surface area contributed by atoms with Crippen LogP contribution in [-0.2, 0) is 16.6 Å². The lowest BCUT2D eigenvalue weighted by Crippen LogP contribution is -2.47. The molecule has 118 valence electrons. The summed E-state index contributed by atoms with van der Waals surface area (Å²) >= 11 is 3.32. The smallest absolute Gasteiger partial charge is 0.329 e. The van der Waals surface area contributed by atoms with Crippen LogP contribution in [0.2, 0.25) is 0 Å². The predicted molar refractivity (Wildman–Crippen MR) is 85.1 cm³/mol. The Morgan fingerprint density at radius 3 is 2.29 bits per heavy atom. The molecule has 0 saturated carbocycles. The summed E-state index contributed by atoms with van der Waals surface area (Å²) in [7, 11) is 1.78. The summed E-state index contributed by atoms with van der Waals surface area (Å²) in [6, 6.07) is 1.03. The maximum Gasteiger partial charge on any atom is 0.329 e. The number of ether oxygens (including phenoxy) is 1. The lowest BCUT2D eigenvalue weighted by atomic mass is 10.0. The molecule has 1 heterocycles. The van der Waals surface area contributed by atoms with Crippen LogP contribution < -0.4 is 5.32 Å². The molecule has 1 rings (SSSR count). The highest BCUT2D eigenvalue weighted by Gasteiger charge is 2.30. The average Bonchev–Trinajstić information content (AvgIpc) is 2.62. The SMILES string of the molecule is CC(C)[C@H](NC(=O)c1cc(Br)cn1C)C(=O)OC(C)(C)C. The average molecular weight is 359 g/mol. The molecule has 0 aliphatic rings. The monoisotopic (exact) mass is 358 g/mol. The van der Waals surface area contributed by atoms with Crippen molar-refractivity contribution >= 4 is 27.8 Å². The Balaban J connectivity index is 2.86. The van der Waals surface area contributed by atoms with E-state index in [1.165, 1.54) is 0 Å². The van der Waals surface area contributed by atoms with Crippen LogP contribution in [0.5, 0.6) is 0 Å². The van der Waals surface area contributed by atoms with E-state index in [1.807, 2.05) is 13.8 Å². The third kappa shape index (κ3) is 5.19. The largest absolute Gasteiger partial charge is 0.458 e. The van der Waals surface area contributed by atoms with Gasteiger partial charge in [-0.3, -0.25) is 4.79 Å². The number of hydrogen-bond acceptors (Lipinski definition) is 3. The van der Waals surface area contributed by atoms with Gasteiger partial charge >= 0.3 is 5.97 Å². The number of nitrogens with one attached hydrogen (secondary N) is 1. The van der Waals surface area contributed by atoms with Gasteiger partial charge in [0.2, 0.25) is 0 Å². The molecule has 1 aromatic rings. The highest BCUT2D eigenvalue weighted by Crippen LogP contribution is 2.16. The summed E-state index contributed by atoms with van der Waals surface area (Å²) in [4.78, 5) is 24.5. The van der Waals surface area contributed by atoms with Crippen LogP contribution in [0, 0.1) is 5.92 Å². The lowest BCUT2D eigenvalue weighted by molar-refractivity contribution is -0.158. The quantitative estimate of drug-likeness (QED) is 0.841. The first-order valence-electron chi connectivity index (χ1n) is 6.87. The topological polar surface area (TPSA) is 60.3 Å². The molecule has 0 unspecified atom stereocenters. The van der Waals surface area contributed by atoms with Crippen molar-refractivity contribution in [2.45, 2.75) is 46.3 Å². The fraction of sp³-hybridized carbons (Fsp3) is 0.600. The predicted octanol–water partition coefficient (Wildman–Crippen LogP) is 2.88. The normalized spacial score (nSPS) is 13.1. The number of halogens is 1. The van der Waals surface area contributed by atoms with Crippen molar-refractivity contribution in [3.05, 3.63) is 22.4 Å². The number of esters is 1. The molecule has 1 aromatic heterocycles. The molecule has 1 atom stereocenters. The summed E-state index contributed by atoms with van der Waals surface area (Å²) in [5.41, 5.74) is -0.0979. The van der Waals surface area contributed by atoms with E-state index in [1.54, 1.807) is 44.6 Å². The zero-order valence-electron chi connectivity index (χ0n) is 13.4. The van der Waals surface area contributed by atoms with Crippen LogP contribution in [0.1, 0.15) is 45.1 Å². The van der Waals surface area contributed by atoms with Crippen molar-refractivity contribution in [3.63, 3.8) is 0 Å². The molecule has 0 spiro atoms. The lowest BCUT2D eigenvalue weighted by Gasteiger charge is -2.26. The fourth-order valence-corrected chi connectivity index (χ4v) is 2.35. The van der Waals surface area contributed by atoms with Gasteiger partial charge in [-0.2, -0.15) is 0 Å². The van der Waals surface area contributed by atoms with E-state index in [9.17, 15) is 9.59 Å². The van der Waals surface area contributed by atoms with Crippen LogP contribution in [0.25, 0.3) is 0 Å². The van der Waals surface area contributed by atoms with E-state index in [-0.39, 0.29) is 11.8 Å². The Kier molecular flexibility index (Phi) is 5.61. The molecule has 1 amide bonds. The Bertz CT molecular complexity index is 530. The van der Waals surface area contributed by atoms with Gasteiger partial charge in [0.05, 0.1) is 0 Å². The van der Waals surface area contributed by atoms with Crippen molar-refractivity contribution in [3.8, 4) is 0 Å². The van der Waals surface area contributed by atoms with Gasteiger partial charge in [-0.1, -0.05) is 13.8 Å². The van der Waals surface area contributed by atoms with Crippen molar-refractivity contribution in [2.75, 3.05) is 0 Å². The highest BCUT2D eigenvalue weighted by atomic mass is 79.9. The molecule has 0 aromatic carbocycles. The molecular weight excluding hydrogens is 336 g/mol. The number of amides is 1. The third-order valence-corrected chi connectivity index (χ3v) is 3.25. The molecule has 6 heteroatoms. The van der Waals surface area contributed by atoms with Crippen LogP contribution in [0.15, 0.2) is 16.7 Å². The van der Waals surface area contributed by atoms with E-state index < -0.39 is 17.6 Å². The van der Waals surface area contributed by atoms with Gasteiger partial charge in [-0.05, 0) is 48.7 Å². The van der Waals surface area contributed by atoms with Crippen molar-refractivity contribution in [1.29, 1.82) is 0 Å². The third-order valence-electron chi connectivity index (χ3n) is 2.82. The number of aryl methyl sites for hydroxylation is 1. The van der Waals surface area contributed by atoms with Gasteiger partial charge in [0, 0.05) is 17.7 Å². The summed E-state index contributed by atoms with van der Waals surface area (Å²) in [5, 5.41) is 2.75. The molecule has 0 aliphatic heterocycles. The zero-order chi connectivity index (χ0) is 16.4. The van der Waals surface area contributed by atoms with E-state index in [2.05, 4.69) is 21.2 Å². The number of nitrogens with zero attached hydrogens (tertiary/aromatic N) is 1. The molecule has 0 fully saturated rings.